The molecule has 0 radical (unpaired) electrons. The number of aryl methyl sites for hydroxylation is 2. The molecule has 0 unspecified atom stereocenters. The van der Waals surface area contributed by atoms with Crippen molar-refractivity contribution in [1.82, 2.24) is 30.1 Å². The number of ether oxygens (including phenoxy) is 1. The molecule has 194 valence electrons. The number of rotatable bonds is 5. The van der Waals surface area contributed by atoms with Crippen LogP contribution in [0.3, 0.4) is 0 Å². The quantitative estimate of drug-likeness (QED) is 0.445. The number of hydrogen-bond acceptors (Lipinski definition) is 7. The molecule has 1 aliphatic rings. The molecular weight excluding hydrogens is 466 g/mol. The molecule has 5 rings (SSSR count). The fraction of sp³-hybridized carbons (Fsp3) is 0.429. The summed E-state index contributed by atoms with van der Waals surface area (Å²) in [5, 5.41) is 13.7. The van der Waals surface area contributed by atoms with Crippen LogP contribution in [0.5, 0.6) is 5.75 Å². The zero-order valence-electron chi connectivity index (χ0n) is 22.4. The summed E-state index contributed by atoms with van der Waals surface area (Å²) in [7, 11) is 1.62. The number of H-pyrrole nitrogens is 1. The number of aromatic nitrogens is 5. The highest BCUT2D eigenvalue weighted by Crippen LogP contribution is 2.32. The van der Waals surface area contributed by atoms with E-state index in [-0.39, 0.29) is 17.1 Å². The van der Waals surface area contributed by atoms with Crippen molar-refractivity contribution in [3.8, 4) is 5.75 Å². The van der Waals surface area contributed by atoms with E-state index in [2.05, 4.69) is 83.1 Å². The number of fused-ring (bicyclic) bond motifs is 1. The van der Waals surface area contributed by atoms with Crippen LogP contribution in [-0.4, -0.2) is 63.4 Å². The molecule has 4 aromatic rings. The Morgan fingerprint density at radius 2 is 1.76 bits per heavy atom. The van der Waals surface area contributed by atoms with Crippen molar-refractivity contribution in [2.45, 2.75) is 46.2 Å². The van der Waals surface area contributed by atoms with Gasteiger partial charge in [0, 0.05) is 43.5 Å². The molecule has 9 nitrogen and oxygen atoms in total. The molecule has 0 bridgehead atoms. The number of piperazine rings is 1. The Labute approximate surface area is 217 Å². The Morgan fingerprint density at radius 1 is 1.00 bits per heavy atom. The van der Waals surface area contributed by atoms with Crippen LogP contribution < -0.4 is 15.2 Å². The van der Waals surface area contributed by atoms with E-state index in [9.17, 15) is 4.79 Å². The highest BCUT2D eigenvalue weighted by atomic mass is 16.5. The van der Waals surface area contributed by atoms with Crippen LogP contribution in [0, 0.1) is 13.8 Å². The largest absolute Gasteiger partial charge is 0.497 e. The van der Waals surface area contributed by atoms with Crippen molar-refractivity contribution >= 4 is 16.6 Å². The van der Waals surface area contributed by atoms with Crippen molar-refractivity contribution in [3.63, 3.8) is 0 Å². The summed E-state index contributed by atoms with van der Waals surface area (Å²) in [6, 6.07) is 13.9. The summed E-state index contributed by atoms with van der Waals surface area (Å²) < 4.78 is 7.18. The first-order chi connectivity index (χ1) is 17.7. The van der Waals surface area contributed by atoms with Crippen LogP contribution in [0.1, 0.15) is 49.3 Å². The van der Waals surface area contributed by atoms with Crippen molar-refractivity contribution in [3.05, 3.63) is 75.3 Å². The van der Waals surface area contributed by atoms with Gasteiger partial charge in [-0.3, -0.25) is 9.69 Å². The molecule has 0 saturated carbocycles. The highest BCUT2D eigenvalue weighted by molar-refractivity contribution is 5.80. The average Bonchev–Trinajstić information content (AvgIpc) is 3.36. The number of aromatic amines is 1. The molecule has 0 amide bonds. The molecule has 1 fully saturated rings. The molecule has 0 aliphatic carbocycles. The van der Waals surface area contributed by atoms with Gasteiger partial charge in [0.05, 0.1) is 18.2 Å². The first-order valence-electron chi connectivity index (χ1n) is 12.7. The number of tetrazole rings is 1. The zero-order valence-corrected chi connectivity index (χ0v) is 22.4. The smallest absolute Gasteiger partial charge is 0.253 e. The van der Waals surface area contributed by atoms with E-state index < -0.39 is 0 Å². The standard InChI is InChI=1S/C28H35N7O2/c1-18-7-8-19(2)24(15-18)33-11-13-34(14-12-33)25(26-30-31-32-35(26)28(3,4)5)22-16-20-9-10-21(37-6)17-23(20)29-27(22)36/h7-10,15-17,25H,11-14H2,1-6H3,(H,29,36)/t25-/m0/s1. The second kappa shape index (κ2) is 9.63. The number of nitrogens with zero attached hydrogens (tertiary/aromatic N) is 6. The average molecular weight is 502 g/mol. The van der Waals surface area contributed by atoms with E-state index in [0.29, 0.717) is 17.1 Å². The number of benzene rings is 2. The monoisotopic (exact) mass is 501 g/mol. The van der Waals surface area contributed by atoms with E-state index in [4.69, 9.17) is 4.74 Å². The predicted octanol–water partition coefficient (Wildman–Crippen LogP) is 3.81. The lowest BCUT2D eigenvalue weighted by Gasteiger charge is -2.40. The first kappa shape index (κ1) is 25.0. The minimum absolute atomic E-state index is 0.147. The van der Waals surface area contributed by atoms with E-state index in [1.54, 1.807) is 7.11 Å². The summed E-state index contributed by atoms with van der Waals surface area (Å²) >= 11 is 0. The summed E-state index contributed by atoms with van der Waals surface area (Å²) in [5.41, 5.74) is 4.69. The van der Waals surface area contributed by atoms with Crippen LogP contribution >= 0.6 is 0 Å². The summed E-state index contributed by atoms with van der Waals surface area (Å²) in [6.45, 7) is 13.7. The SMILES string of the molecule is COc1ccc2cc([C@@H](c3nnnn3C(C)(C)C)N3CCN(c4cc(C)ccc4C)CC3)c(=O)[nH]c2c1. The summed E-state index contributed by atoms with van der Waals surface area (Å²) in [4.78, 5) is 21.4. The van der Waals surface area contributed by atoms with Gasteiger partial charge in [0.15, 0.2) is 5.82 Å². The third-order valence-corrected chi connectivity index (χ3v) is 7.13. The molecule has 1 atom stereocenters. The molecule has 2 aromatic heterocycles. The number of anilines is 1. The van der Waals surface area contributed by atoms with E-state index >= 15 is 0 Å². The fourth-order valence-corrected chi connectivity index (χ4v) is 5.15. The van der Waals surface area contributed by atoms with Crippen molar-refractivity contribution in [2.24, 2.45) is 0 Å². The zero-order chi connectivity index (χ0) is 26.3. The highest BCUT2D eigenvalue weighted by Gasteiger charge is 2.35. The van der Waals surface area contributed by atoms with Crippen LogP contribution in [0.25, 0.3) is 10.9 Å². The molecule has 9 heteroatoms. The second-order valence-electron chi connectivity index (χ2n) is 10.8. The maximum atomic E-state index is 13.5. The summed E-state index contributed by atoms with van der Waals surface area (Å²) in [5.74, 6) is 1.37. The summed E-state index contributed by atoms with van der Waals surface area (Å²) in [6.07, 6.45) is 0. The van der Waals surface area contributed by atoms with E-state index in [0.717, 1.165) is 37.1 Å². The van der Waals surface area contributed by atoms with Gasteiger partial charge in [-0.25, -0.2) is 4.68 Å². The lowest BCUT2D eigenvalue weighted by atomic mass is 10.0. The minimum Gasteiger partial charge on any atom is -0.497 e. The number of hydrogen-bond donors (Lipinski definition) is 1. The van der Waals surface area contributed by atoms with E-state index in [1.165, 1.54) is 16.8 Å². The Morgan fingerprint density at radius 3 is 2.46 bits per heavy atom. The van der Waals surface area contributed by atoms with Gasteiger partial charge >= 0.3 is 0 Å². The topological polar surface area (TPSA) is 92.2 Å². The molecule has 2 aromatic carbocycles. The van der Waals surface area contributed by atoms with Crippen molar-refractivity contribution in [1.29, 1.82) is 0 Å². The Hall–Kier alpha value is -3.72. The molecule has 1 aliphatic heterocycles. The Balaban J connectivity index is 1.55. The Kier molecular flexibility index (Phi) is 6.49. The van der Waals surface area contributed by atoms with Crippen LogP contribution in [0.15, 0.2) is 47.3 Å². The fourth-order valence-electron chi connectivity index (χ4n) is 5.15. The number of pyridine rings is 1. The number of methoxy groups -OCH3 is 1. The van der Waals surface area contributed by atoms with Gasteiger partial charge in [-0.15, -0.1) is 5.10 Å². The molecule has 1 saturated heterocycles. The molecule has 3 heterocycles. The van der Waals surface area contributed by atoms with Crippen molar-refractivity contribution in [2.75, 3.05) is 38.2 Å². The molecule has 0 spiro atoms. The third-order valence-electron chi connectivity index (χ3n) is 7.13. The van der Waals surface area contributed by atoms with E-state index in [1.807, 2.05) is 28.9 Å². The van der Waals surface area contributed by atoms with Crippen LogP contribution in [0.2, 0.25) is 0 Å². The van der Waals surface area contributed by atoms with Gasteiger partial charge in [0.25, 0.3) is 5.56 Å². The maximum Gasteiger partial charge on any atom is 0.253 e. The van der Waals surface area contributed by atoms with Crippen molar-refractivity contribution < 1.29 is 4.74 Å². The lowest BCUT2D eigenvalue weighted by Crippen LogP contribution is -2.49. The third kappa shape index (κ3) is 4.83. The van der Waals surface area contributed by atoms with Gasteiger partial charge < -0.3 is 14.6 Å². The first-order valence-corrected chi connectivity index (χ1v) is 12.7. The normalized spacial score (nSPS) is 15.8. The van der Waals surface area contributed by atoms with Crippen LogP contribution in [0.4, 0.5) is 5.69 Å². The molecule has 1 N–H and O–H groups in total. The molecule has 37 heavy (non-hydrogen) atoms. The second-order valence-corrected chi connectivity index (χ2v) is 10.8. The predicted molar refractivity (Wildman–Crippen MR) is 145 cm³/mol. The van der Waals surface area contributed by atoms with Gasteiger partial charge in [-0.05, 0) is 85.8 Å². The Bertz CT molecular complexity index is 1480. The van der Waals surface area contributed by atoms with Gasteiger partial charge in [0.1, 0.15) is 11.8 Å². The number of nitrogens with one attached hydrogen (secondary N) is 1. The van der Waals surface area contributed by atoms with Gasteiger partial charge in [0.2, 0.25) is 0 Å². The van der Waals surface area contributed by atoms with Gasteiger partial charge in [-0.1, -0.05) is 12.1 Å². The van der Waals surface area contributed by atoms with Gasteiger partial charge in [-0.2, -0.15) is 0 Å². The lowest BCUT2D eigenvalue weighted by molar-refractivity contribution is 0.190. The van der Waals surface area contributed by atoms with Crippen LogP contribution in [-0.2, 0) is 5.54 Å². The molecular formula is C28H35N7O2. The minimum atomic E-state index is -0.384. The maximum absolute atomic E-state index is 13.5.